The van der Waals surface area contributed by atoms with Crippen LogP contribution >= 0.6 is 34.8 Å². The number of halogens is 3. The maximum atomic E-state index is 6.20. The van der Waals surface area contributed by atoms with Crippen LogP contribution in [-0.2, 0) is 0 Å². The van der Waals surface area contributed by atoms with Gasteiger partial charge < -0.3 is 5.32 Å². The molecule has 1 nitrogen and oxygen atoms in total. The molecule has 0 amide bonds. The van der Waals surface area contributed by atoms with Crippen molar-refractivity contribution in [2.45, 2.75) is 31.7 Å². The fourth-order valence-corrected chi connectivity index (χ4v) is 3.39. The second kappa shape index (κ2) is 6.08. The number of nitrogens with one attached hydrogen (secondary N) is 1. The van der Waals surface area contributed by atoms with Crippen LogP contribution in [0.1, 0.15) is 29.9 Å². The van der Waals surface area contributed by atoms with Gasteiger partial charge in [-0.05, 0) is 43.4 Å². The zero-order valence-electron chi connectivity index (χ0n) is 11.7. The molecule has 4 heteroatoms. The molecular formula is C17H16Cl3N. The van der Waals surface area contributed by atoms with Gasteiger partial charge in [0.05, 0.1) is 20.8 Å². The van der Waals surface area contributed by atoms with Gasteiger partial charge in [-0.2, -0.15) is 0 Å². The number of anilines is 1. The van der Waals surface area contributed by atoms with Crippen molar-refractivity contribution < 1.29 is 0 Å². The third-order valence-corrected chi connectivity index (χ3v) is 5.06. The Kier molecular flexibility index (Phi) is 4.35. The van der Waals surface area contributed by atoms with Gasteiger partial charge in [0.2, 0.25) is 0 Å². The van der Waals surface area contributed by atoms with E-state index < -0.39 is 0 Å². The van der Waals surface area contributed by atoms with Gasteiger partial charge in [-0.25, -0.2) is 0 Å². The fourth-order valence-electron chi connectivity index (χ4n) is 2.79. The van der Waals surface area contributed by atoms with Crippen LogP contribution in [0.4, 0.5) is 5.69 Å². The van der Waals surface area contributed by atoms with Crippen molar-refractivity contribution in [2.75, 3.05) is 5.32 Å². The smallest absolute Gasteiger partial charge is 0.0653 e. The van der Waals surface area contributed by atoms with Crippen LogP contribution in [-0.4, -0.2) is 6.04 Å². The minimum atomic E-state index is 0.435. The maximum Gasteiger partial charge on any atom is 0.0653 e. The van der Waals surface area contributed by atoms with Gasteiger partial charge >= 0.3 is 0 Å². The summed E-state index contributed by atoms with van der Waals surface area (Å²) in [5.41, 5.74) is 3.60. The quantitative estimate of drug-likeness (QED) is 0.645. The highest BCUT2D eigenvalue weighted by Gasteiger charge is 2.30. The topological polar surface area (TPSA) is 12.0 Å². The summed E-state index contributed by atoms with van der Waals surface area (Å²) in [6.45, 7) is 2.13. The standard InChI is InChI=1S/C17H16Cl3N/c1-10-3-2-4-11(5-10)12-6-13(7-12)21-17-9-15(19)14(18)8-16(17)20/h2-5,8-9,12-13,21H,6-7H2,1H3. The number of benzene rings is 2. The van der Waals surface area contributed by atoms with Crippen LogP contribution < -0.4 is 5.32 Å². The molecule has 1 aliphatic carbocycles. The predicted molar refractivity (Wildman–Crippen MR) is 92.0 cm³/mol. The highest BCUT2D eigenvalue weighted by molar-refractivity contribution is 6.44. The molecule has 1 fully saturated rings. The molecule has 1 aliphatic rings. The van der Waals surface area contributed by atoms with E-state index in [0.29, 0.717) is 27.0 Å². The fraction of sp³-hybridized carbons (Fsp3) is 0.294. The van der Waals surface area contributed by atoms with E-state index in [-0.39, 0.29) is 0 Å². The van der Waals surface area contributed by atoms with E-state index in [2.05, 4.69) is 36.5 Å². The third kappa shape index (κ3) is 3.31. The molecule has 0 unspecified atom stereocenters. The Hall–Kier alpha value is -0.890. The molecule has 0 heterocycles. The molecule has 0 bridgehead atoms. The van der Waals surface area contributed by atoms with E-state index in [1.165, 1.54) is 11.1 Å². The lowest BCUT2D eigenvalue weighted by atomic mass is 9.75. The number of hydrogen-bond donors (Lipinski definition) is 1. The summed E-state index contributed by atoms with van der Waals surface area (Å²) >= 11 is 18.2. The summed E-state index contributed by atoms with van der Waals surface area (Å²) in [7, 11) is 0. The molecule has 0 radical (unpaired) electrons. The molecule has 0 aromatic heterocycles. The van der Waals surface area contributed by atoms with Crippen molar-refractivity contribution in [2.24, 2.45) is 0 Å². The van der Waals surface area contributed by atoms with Gasteiger partial charge in [-0.1, -0.05) is 64.6 Å². The molecule has 1 N–H and O–H groups in total. The van der Waals surface area contributed by atoms with Crippen molar-refractivity contribution in [1.29, 1.82) is 0 Å². The first-order valence-electron chi connectivity index (χ1n) is 7.00. The van der Waals surface area contributed by atoms with Gasteiger partial charge in [0.25, 0.3) is 0 Å². The molecule has 2 aromatic rings. The minimum absolute atomic E-state index is 0.435. The van der Waals surface area contributed by atoms with Crippen molar-refractivity contribution in [3.05, 3.63) is 62.6 Å². The molecule has 0 saturated heterocycles. The second-order valence-corrected chi connectivity index (χ2v) is 6.89. The Balaban J connectivity index is 1.64. The first-order valence-corrected chi connectivity index (χ1v) is 8.14. The van der Waals surface area contributed by atoms with E-state index in [0.717, 1.165) is 18.5 Å². The largest absolute Gasteiger partial charge is 0.381 e. The minimum Gasteiger partial charge on any atom is -0.381 e. The summed E-state index contributed by atoms with van der Waals surface area (Å²) in [6.07, 6.45) is 2.22. The van der Waals surface area contributed by atoms with Crippen molar-refractivity contribution >= 4 is 40.5 Å². The van der Waals surface area contributed by atoms with Gasteiger partial charge in [-0.15, -0.1) is 0 Å². The Morgan fingerprint density at radius 3 is 2.38 bits per heavy atom. The lowest BCUT2D eigenvalue weighted by Crippen LogP contribution is -2.34. The highest BCUT2D eigenvalue weighted by Crippen LogP contribution is 2.40. The van der Waals surface area contributed by atoms with Crippen LogP contribution in [0.5, 0.6) is 0 Å². The van der Waals surface area contributed by atoms with E-state index in [4.69, 9.17) is 34.8 Å². The van der Waals surface area contributed by atoms with E-state index in [1.54, 1.807) is 12.1 Å². The molecule has 0 aliphatic heterocycles. The van der Waals surface area contributed by atoms with Crippen molar-refractivity contribution in [3.8, 4) is 0 Å². The highest BCUT2D eigenvalue weighted by atomic mass is 35.5. The monoisotopic (exact) mass is 339 g/mol. The van der Waals surface area contributed by atoms with Crippen molar-refractivity contribution in [1.82, 2.24) is 0 Å². The Morgan fingerprint density at radius 2 is 1.67 bits per heavy atom. The van der Waals surface area contributed by atoms with Gasteiger partial charge in [0.15, 0.2) is 0 Å². The zero-order valence-corrected chi connectivity index (χ0v) is 13.9. The maximum absolute atomic E-state index is 6.20. The van der Waals surface area contributed by atoms with Gasteiger partial charge in [0, 0.05) is 6.04 Å². The summed E-state index contributed by atoms with van der Waals surface area (Å²) in [4.78, 5) is 0. The van der Waals surface area contributed by atoms with E-state index in [9.17, 15) is 0 Å². The SMILES string of the molecule is Cc1cccc(C2CC(Nc3cc(Cl)c(Cl)cc3Cl)C2)c1. The van der Waals surface area contributed by atoms with Crippen LogP contribution in [0, 0.1) is 6.92 Å². The predicted octanol–water partition coefficient (Wildman–Crippen LogP) is 6.31. The van der Waals surface area contributed by atoms with Crippen molar-refractivity contribution in [3.63, 3.8) is 0 Å². The van der Waals surface area contributed by atoms with Crippen LogP contribution in [0.3, 0.4) is 0 Å². The van der Waals surface area contributed by atoms with Crippen LogP contribution in [0.15, 0.2) is 36.4 Å². The average Bonchev–Trinajstić information content (AvgIpc) is 2.39. The first-order chi connectivity index (χ1) is 10.0. The summed E-state index contributed by atoms with van der Waals surface area (Å²) in [6, 6.07) is 12.7. The lowest BCUT2D eigenvalue weighted by Gasteiger charge is -2.37. The van der Waals surface area contributed by atoms with Crippen LogP contribution in [0.2, 0.25) is 15.1 Å². The second-order valence-electron chi connectivity index (χ2n) is 5.67. The average molecular weight is 341 g/mol. The third-order valence-electron chi connectivity index (χ3n) is 4.02. The molecule has 0 spiro atoms. The van der Waals surface area contributed by atoms with Crippen LogP contribution in [0.25, 0.3) is 0 Å². The lowest BCUT2D eigenvalue weighted by molar-refractivity contribution is 0.374. The summed E-state index contributed by atoms with van der Waals surface area (Å²) in [5, 5.41) is 5.08. The Bertz CT molecular complexity index is 663. The summed E-state index contributed by atoms with van der Waals surface area (Å²) in [5.74, 6) is 0.629. The molecule has 110 valence electrons. The van der Waals surface area contributed by atoms with Gasteiger partial charge in [0.1, 0.15) is 0 Å². The number of hydrogen-bond acceptors (Lipinski definition) is 1. The summed E-state index contributed by atoms with van der Waals surface area (Å²) < 4.78 is 0. The van der Waals surface area contributed by atoms with E-state index in [1.807, 2.05) is 0 Å². The normalized spacial score (nSPS) is 21.0. The molecule has 0 atom stereocenters. The zero-order chi connectivity index (χ0) is 15.0. The molecule has 3 rings (SSSR count). The molecule has 2 aromatic carbocycles. The molecule has 1 saturated carbocycles. The molecular weight excluding hydrogens is 325 g/mol. The Morgan fingerprint density at radius 1 is 0.952 bits per heavy atom. The van der Waals surface area contributed by atoms with Gasteiger partial charge in [-0.3, -0.25) is 0 Å². The number of rotatable bonds is 3. The molecule has 21 heavy (non-hydrogen) atoms. The first kappa shape index (κ1) is 15.0. The Labute approximate surface area is 140 Å². The number of aryl methyl sites for hydroxylation is 1. The van der Waals surface area contributed by atoms with E-state index >= 15 is 0 Å².